The fraction of sp³-hybridized carbons (Fsp3) is 0.316. The summed E-state index contributed by atoms with van der Waals surface area (Å²) in [5.41, 5.74) is -3.85. The van der Waals surface area contributed by atoms with E-state index in [0.717, 1.165) is 0 Å². The Kier molecular flexibility index (Phi) is 6.13. The molecule has 0 saturated carbocycles. The number of nitriles is 2. The van der Waals surface area contributed by atoms with E-state index in [1.807, 2.05) is 0 Å². The molecule has 0 aliphatic carbocycles. The van der Waals surface area contributed by atoms with Crippen LogP contribution in [0.5, 0.6) is 5.75 Å². The third-order valence-electron chi connectivity index (χ3n) is 4.87. The summed E-state index contributed by atoms with van der Waals surface area (Å²) in [7, 11) is -4.53. The number of aliphatic hydroxyl groups is 2. The van der Waals surface area contributed by atoms with E-state index in [1.165, 1.54) is 24.4 Å². The second-order valence-electron chi connectivity index (χ2n) is 6.98. The number of hydrogen-bond acceptors (Lipinski definition) is 8. The third kappa shape index (κ3) is 4.37. The monoisotopic (exact) mass is 468 g/mol. The lowest BCUT2D eigenvalue weighted by molar-refractivity contribution is -0.137. The number of rotatable bonds is 5. The molecular weight excluding hydrogens is 453 g/mol. The van der Waals surface area contributed by atoms with Gasteiger partial charge in [-0.25, -0.2) is 13.4 Å². The molecule has 32 heavy (non-hydrogen) atoms. The van der Waals surface area contributed by atoms with Gasteiger partial charge in [-0.15, -0.1) is 0 Å². The molecule has 1 aromatic heterocycles. The van der Waals surface area contributed by atoms with Crippen molar-refractivity contribution in [2.75, 3.05) is 19.7 Å². The highest BCUT2D eigenvalue weighted by atomic mass is 32.2. The Morgan fingerprint density at radius 3 is 2.50 bits per heavy atom. The maximum absolute atomic E-state index is 13.1. The highest BCUT2D eigenvalue weighted by Crippen LogP contribution is 2.34. The van der Waals surface area contributed by atoms with Gasteiger partial charge in [0.15, 0.2) is 0 Å². The van der Waals surface area contributed by atoms with Gasteiger partial charge in [-0.3, -0.25) is 0 Å². The Bertz CT molecular complexity index is 1210. The van der Waals surface area contributed by atoms with Gasteiger partial charge in [0, 0.05) is 6.54 Å². The molecule has 1 aliphatic rings. The molecule has 2 atom stereocenters. The molecule has 168 valence electrons. The van der Waals surface area contributed by atoms with Crippen LogP contribution in [0.3, 0.4) is 0 Å². The smallest absolute Gasteiger partial charge is 0.416 e. The lowest BCUT2D eigenvalue weighted by atomic mass is 10.0. The first kappa shape index (κ1) is 23.4. The van der Waals surface area contributed by atoms with E-state index in [0.29, 0.717) is 22.5 Å². The normalized spacial score (nSPS) is 21.7. The van der Waals surface area contributed by atoms with Crippen LogP contribution in [0.15, 0.2) is 41.4 Å². The van der Waals surface area contributed by atoms with Crippen LogP contribution in [-0.2, 0) is 16.2 Å². The minimum atomic E-state index is -4.77. The van der Waals surface area contributed by atoms with E-state index in [9.17, 15) is 37.1 Å². The zero-order valence-corrected chi connectivity index (χ0v) is 16.9. The van der Waals surface area contributed by atoms with Crippen molar-refractivity contribution >= 4 is 10.0 Å². The number of hydrogen-bond donors (Lipinski definition) is 2. The van der Waals surface area contributed by atoms with E-state index in [2.05, 4.69) is 4.98 Å². The number of aliphatic hydroxyl groups excluding tert-OH is 1. The van der Waals surface area contributed by atoms with Crippen molar-refractivity contribution in [3.05, 3.63) is 53.3 Å². The summed E-state index contributed by atoms with van der Waals surface area (Å²) >= 11 is 0. The molecule has 1 aromatic carbocycles. The number of halogens is 3. The second kappa shape index (κ2) is 8.37. The summed E-state index contributed by atoms with van der Waals surface area (Å²) in [4.78, 5) is 3.12. The number of alkyl halides is 3. The standard InChI is InChI=1S/C19H15F3N4O5S/c20-19(21,22)13-1-4-16(12(5-13)6-23)32(29,30)26-9-17(18(28,10-26)11-27)31-15-3-2-14(7-24)25-8-15/h1-5,8,17,27-28H,9-11H2/t17?,18-/m1/s1. The Balaban J connectivity index is 1.92. The Morgan fingerprint density at radius 1 is 1.25 bits per heavy atom. The van der Waals surface area contributed by atoms with Gasteiger partial charge < -0.3 is 14.9 Å². The molecule has 9 nitrogen and oxygen atoms in total. The van der Waals surface area contributed by atoms with E-state index in [-0.39, 0.29) is 11.4 Å². The number of benzene rings is 1. The average Bonchev–Trinajstić information content (AvgIpc) is 3.10. The van der Waals surface area contributed by atoms with Crippen LogP contribution in [0.4, 0.5) is 13.2 Å². The van der Waals surface area contributed by atoms with Crippen molar-refractivity contribution in [2.45, 2.75) is 22.8 Å². The third-order valence-corrected chi connectivity index (χ3v) is 6.74. The molecule has 3 rings (SSSR count). The number of ether oxygens (including phenoxy) is 1. The summed E-state index contributed by atoms with van der Waals surface area (Å²) in [6.45, 7) is -1.98. The molecule has 2 aromatic rings. The summed E-state index contributed by atoms with van der Waals surface area (Å²) in [5.74, 6) is 0.0902. The fourth-order valence-corrected chi connectivity index (χ4v) is 4.77. The van der Waals surface area contributed by atoms with Gasteiger partial charge >= 0.3 is 6.18 Å². The topological polar surface area (TPSA) is 148 Å². The maximum atomic E-state index is 13.1. The zero-order valence-electron chi connectivity index (χ0n) is 16.1. The van der Waals surface area contributed by atoms with Crippen molar-refractivity contribution in [3.63, 3.8) is 0 Å². The predicted molar refractivity (Wildman–Crippen MR) is 100 cm³/mol. The first-order valence-corrected chi connectivity index (χ1v) is 10.4. The SMILES string of the molecule is N#Cc1ccc(OC2CN(S(=O)(=O)c3ccc(C(F)(F)F)cc3C#N)C[C@@]2(O)CO)cn1. The Morgan fingerprint density at radius 2 is 1.97 bits per heavy atom. The van der Waals surface area contributed by atoms with E-state index < -0.39 is 63.6 Å². The van der Waals surface area contributed by atoms with Gasteiger partial charge in [-0.05, 0) is 30.3 Å². The van der Waals surface area contributed by atoms with E-state index in [4.69, 9.17) is 10.00 Å². The van der Waals surface area contributed by atoms with Gasteiger partial charge in [-0.2, -0.15) is 28.0 Å². The Hall–Kier alpha value is -3.23. The van der Waals surface area contributed by atoms with Gasteiger partial charge in [-0.1, -0.05) is 0 Å². The van der Waals surface area contributed by atoms with Crippen molar-refractivity contribution in [2.24, 2.45) is 0 Å². The van der Waals surface area contributed by atoms with Gasteiger partial charge in [0.25, 0.3) is 0 Å². The van der Waals surface area contributed by atoms with Crippen LogP contribution in [0.25, 0.3) is 0 Å². The molecule has 0 radical (unpaired) electrons. The molecule has 13 heteroatoms. The first-order valence-electron chi connectivity index (χ1n) is 8.92. The number of β-amino-alcohol motifs (C(OH)–C–C–N with tert-alkyl or cyclic N) is 1. The van der Waals surface area contributed by atoms with Crippen molar-refractivity contribution < 1.29 is 36.5 Å². The highest BCUT2D eigenvalue weighted by molar-refractivity contribution is 7.89. The number of sulfonamides is 1. The Labute approximate surface area is 180 Å². The first-order chi connectivity index (χ1) is 14.9. The van der Waals surface area contributed by atoms with Crippen LogP contribution < -0.4 is 4.74 Å². The van der Waals surface area contributed by atoms with Crippen LogP contribution in [0.1, 0.15) is 16.8 Å². The fourth-order valence-electron chi connectivity index (χ4n) is 3.15. The summed E-state index contributed by atoms with van der Waals surface area (Å²) in [5, 5.41) is 38.4. The number of pyridine rings is 1. The summed E-state index contributed by atoms with van der Waals surface area (Å²) in [6, 6.07) is 7.59. The van der Waals surface area contributed by atoms with Crippen molar-refractivity contribution in [1.82, 2.24) is 9.29 Å². The second-order valence-corrected chi connectivity index (χ2v) is 8.88. The van der Waals surface area contributed by atoms with Gasteiger partial charge in [0.05, 0.1) is 35.4 Å². The van der Waals surface area contributed by atoms with Gasteiger partial charge in [0.2, 0.25) is 10.0 Å². The molecule has 0 spiro atoms. The minimum absolute atomic E-state index is 0.0902. The minimum Gasteiger partial charge on any atom is -0.484 e. The van der Waals surface area contributed by atoms with Gasteiger partial charge in [0.1, 0.15) is 35.3 Å². The molecule has 0 amide bonds. The number of aromatic nitrogens is 1. The lowest BCUT2D eigenvalue weighted by Crippen LogP contribution is -2.48. The van der Waals surface area contributed by atoms with E-state index in [1.54, 1.807) is 6.07 Å². The van der Waals surface area contributed by atoms with Crippen LogP contribution in [-0.4, -0.2) is 59.3 Å². The summed E-state index contributed by atoms with van der Waals surface area (Å²) < 4.78 is 71.1. The maximum Gasteiger partial charge on any atom is 0.416 e. The van der Waals surface area contributed by atoms with E-state index >= 15 is 0 Å². The lowest BCUT2D eigenvalue weighted by Gasteiger charge is -2.26. The molecule has 0 bridgehead atoms. The molecule has 1 aliphatic heterocycles. The van der Waals surface area contributed by atoms with Crippen LogP contribution in [0.2, 0.25) is 0 Å². The largest absolute Gasteiger partial charge is 0.484 e. The van der Waals surface area contributed by atoms with Crippen LogP contribution >= 0.6 is 0 Å². The molecule has 2 N–H and O–H groups in total. The summed E-state index contributed by atoms with van der Waals surface area (Å²) in [6.07, 6.45) is -4.86. The zero-order chi connectivity index (χ0) is 23.7. The quantitative estimate of drug-likeness (QED) is 0.661. The average molecular weight is 468 g/mol. The van der Waals surface area contributed by atoms with Crippen LogP contribution in [0, 0.1) is 22.7 Å². The molecule has 1 fully saturated rings. The highest BCUT2D eigenvalue weighted by Gasteiger charge is 2.51. The van der Waals surface area contributed by atoms with Crippen molar-refractivity contribution in [3.8, 4) is 17.9 Å². The molecule has 2 heterocycles. The molecule has 1 unspecified atom stereocenters. The molecule has 1 saturated heterocycles. The van der Waals surface area contributed by atoms with Crippen molar-refractivity contribution in [1.29, 1.82) is 10.5 Å². The predicted octanol–water partition coefficient (Wildman–Crippen LogP) is 1.02. The number of nitrogens with zero attached hydrogens (tertiary/aromatic N) is 4. The molecular formula is C19H15F3N4O5S.